The smallest absolute Gasteiger partial charge is 0.282 e. The van der Waals surface area contributed by atoms with Gasteiger partial charge in [-0.05, 0) is 57.4 Å². The third-order valence-electron chi connectivity index (χ3n) is 3.95. The number of nitro benzene ring substituents is 1. The molecule has 1 fully saturated rings. The van der Waals surface area contributed by atoms with Crippen LogP contribution in [0.1, 0.15) is 33.1 Å². The van der Waals surface area contributed by atoms with Gasteiger partial charge in [-0.25, -0.2) is 0 Å². The van der Waals surface area contributed by atoms with Crippen LogP contribution in [-0.2, 0) is 10.0 Å². The molecule has 1 aliphatic heterocycles. The molecule has 0 amide bonds. The molecule has 0 unspecified atom stereocenters. The number of allylic oxidation sites excluding steroid dienone is 3. The van der Waals surface area contributed by atoms with Crippen molar-refractivity contribution in [2.24, 2.45) is 4.40 Å². The molecule has 0 radical (unpaired) electrons. The number of rotatable bonds is 6. The van der Waals surface area contributed by atoms with E-state index in [0.29, 0.717) is 0 Å². The van der Waals surface area contributed by atoms with Gasteiger partial charge in [0.15, 0.2) is 0 Å². The molecule has 8 heteroatoms. The van der Waals surface area contributed by atoms with Crippen LogP contribution >= 0.6 is 0 Å². The lowest BCUT2D eigenvalue weighted by Gasteiger charge is -2.29. The van der Waals surface area contributed by atoms with Crippen LogP contribution < -0.4 is 0 Å². The van der Waals surface area contributed by atoms with Crippen molar-refractivity contribution in [3.05, 3.63) is 57.8 Å². The van der Waals surface area contributed by atoms with E-state index in [0.717, 1.165) is 49.3 Å². The van der Waals surface area contributed by atoms with E-state index < -0.39 is 14.9 Å². The van der Waals surface area contributed by atoms with Crippen LogP contribution in [0.5, 0.6) is 0 Å². The molecule has 1 aromatic carbocycles. The highest BCUT2D eigenvalue weighted by Crippen LogP contribution is 2.19. The fraction of sp³-hybridized carbons (Fsp3) is 0.389. The van der Waals surface area contributed by atoms with Crippen molar-refractivity contribution in [3.63, 3.8) is 0 Å². The van der Waals surface area contributed by atoms with E-state index in [1.807, 2.05) is 19.9 Å². The van der Waals surface area contributed by atoms with Crippen LogP contribution in [0.4, 0.5) is 5.69 Å². The Morgan fingerprint density at radius 2 is 1.77 bits per heavy atom. The molecule has 2 rings (SSSR count). The standard InChI is InChI=1S/C18H23N3O4S/c1-15(2)14-17(20-12-4-3-5-13-20)10-11-19-26(24,25)18-8-6-16(7-9-18)21(22)23/h6-11,14H,3-5,12-13H2,1-2H3/b17-10+,19-11+. The average Bonchev–Trinajstić information content (AvgIpc) is 2.61. The molecule has 0 aromatic heterocycles. The first-order valence-electron chi connectivity index (χ1n) is 8.44. The lowest BCUT2D eigenvalue weighted by molar-refractivity contribution is -0.384. The monoisotopic (exact) mass is 377 g/mol. The Balaban J connectivity index is 2.22. The second-order valence-corrected chi connectivity index (χ2v) is 7.97. The summed E-state index contributed by atoms with van der Waals surface area (Å²) in [6, 6.07) is 4.69. The number of piperidine rings is 1. The van der Waals surface area contributed by atoms with Crippen LogP contribution in [0.15, 0.2) is 57.0 Å². The predicted molar refractivity (Wildman–Crippen MR) is 102 cm³/mol. The van der Waals surface area contributed by atoms with Crippen molar-refractivity contribution in [2.75, 3.05) is 13.1 Å². The summed E-state index contributed by atoms with van der Waals surface area (Å²) in [5.74, 6) is 0. The SMILES string of the molecule is CC(C)=C/C(=C\C=N\S(=O)(=O)c1ccc([N+](=O)[O-])cc1)N1CCCCC1. The van der Waals surface area contributed by atoms with Crippen LogP contribution in [0.3, 0.4) is 0 Å². The van der Waals surface area contributed by atoms with Gasteiger partial charge in [-0.15, -0.1) is 0 Å². The number of sulfonamides is 1. The molecular weight excluding hydrogens is 354 g/mol. The Bertz CT molecular complexity index is 830. The Morgan fingerprint density at radius 1 is 1.15 bits per heavy atom. The molecule has 26 heavy (non-hydrogen) atoms. The maximum absolute atomic E-state index is 12.3. The second-order valence-electron chi connectivity index (χ2n) is 6.34. The highest BCUT2D eigenvalue weighted by molar-refractivity contribution is 7.90. The van der Waals surface area contributed by atoms with Crippen molar-refractivity contribution in [2.45, 2.75) is 38.0 Å². The van der Waals surface area contributed by atoms with Crippen LogP contribution in [0, 0.1) is 10.1 Å². The quantitative estimate of drug-likeness (QED) is 0.326. The minimum Gasteiger partial charge on any atom is -0.371 e. The van der Waals surface area contributed by atoms with Gasteiger partial charge >= 0.3 is 0 Å². The van der Waals surface area contributed by atoms with Crippen molar-refractivity contribution in [3.8, 4) is 0 Å². The van der Waals surface area contributed by atoms with Gasteiger partial charge in [-0.1, -0.05) is 5.57 Å². The summed E-state index contributed by atoms with van der Waals surface area (Å²) in [5.41, 5.74) is 1.89. The Hall–Kier alpha value is -2.48. The molecule has 0 N–H and O–H groups in total. The fourth-order valence-electron chi connectivity index (χ4n) is 2.68. The maximum Gasteiger partial charge on any atom is 0.282 e. The minimum atomic E-state index is -3.89. The third kappa shape index (κ3) is 5.52. The lowest BCUT2D eigenvalue weighted by atomic mass is 10.1. The zero-order valence-electron chi connectivity index (χ0n) is 15.0. The molecule has 0 bridgehead atoms. The summed E-state index contributed by atoms with van der Waals surface area (Å²) in [6.07, 6.45) is 8.43. The number of nitro groups is 1. The van der Waals surface area contributed by atoms with Crippen molar-refractivity contribution in [1.29, 1.82) is 0 Å². The maximum atomic E-state index is 12.3. The number of nitrogens with zero attached hydrogens (tertiary/aromatic N) is 3. The molecule has 0 saturated carbocycles. The normalized spacial score (nSPS) is 15.9. The lowest BCUT2D eigenvalue weighted by Crippen LogP contribution is -2.28. The predicted octanol–water partition coefficient (Wildman–Crippen LogP) is 3.69. The van der Waals surface area contributed by atoms with Crippen LogP contribution in [0.25, 0.3) is 0 Å². The summed E-state index contributed by atoms with van der Waals surface area (Å²) >= 11 is 0. The molecule has 0 aliphatic carbocycles. The number of hydrogen-bond acceptors (Lipinski definition) is 5. The van der Waals surface area contributed by atoms with Gasteiger partial charge in [-0.2, -0.15) is 12.8 Å². The van der Waals surface area contributed by atoms with Gasteiger partial charge in [0.05, 0.1) is 9.82 Å². The van der Waals surface area contributed by atoms with Crippen LogP contribution in [-0.4, -0.2) is 37.5 Å². The molecule has 140 valence electrons. The van der Waals surface area contributed by atoms with E-state index in [2.05, 4.69) is 9.30 Å². The third-order valence-corrected chi connectivity index (χ3v) is 5.22. The highest BCUT2D eigenvalue weighted by Gasteiger charge is 2.14. The summed E-state index contributed by atoms with van der Waals surface area (Å²) in [6.45, 7) is 5.86. The second kappa shape index (κ2) is 8.75. The van der Waals surface area contributed by atoms with Crippen LogP contribution in [0.2, 0.25) is 0 Å². The molecule has 1 heterocycles. The minimum absolute atomic E-state index is 0.0745. The van der Waals surface area contributed by atoms with Crippen molar-refractivity contribution in [1.82, 2.24) is 4.90 Å². The number of non-ortho nitro benzene ring substituents is 1. The summed E-state index contributed by atoms with van der Waals surface area (Å²) in [5, 5.41) is 10.7. The summed E-state index contributed by atoms with van der Waals surface area (Å²) in [4.78, 5) is 12.2. The van der Waals surface area contributed by atoms with Gasteiger partial charge in [0.25, 0.3) is 15.7 Å². The van der Waals surface area contributed by atoms with Gasteiger partial charge in [0.1, 0.15) is 0 Å². The average molecular weight is 377 g/mol. The Kier molecular flexibility index (Phi) is 6.68. The van der Waals surface area contributed by atoms with Gasteiger partial charge in [-0.3, -0.25) is 10.1 Å². The Morgan fingerprint density at radius 3 is 2.31 bits per heavy atom. The number of hydrogen-bond donors (Lipinski definition) is 0. The summed E-state index contributed by atoms with van der Waals surface area (Å²) < 4.78 is 28.2. The number of benzene rings is 1. The molecule has 1 aliphatic rings. The first-order chi connectivity index (χ1) is 12.3. The zero-order chi connectivity index (χ0) is 19.2. The van der Waals surface area contributed by atoms with E-state index >= 15 is 0 Å². The van der Waals surface area contributed by atoms with Gasteiger partial charge in [0.2, 0.25) is 0 Å². The van der Waals surface area contributed by atoms with E-state index in [9.17, 15) is 18.5 Å². The van der Waals surface area contributed by atoms with E-state index in [-0.39, 0.29) is 10.6 Å². The molecule has 0 spiro atoms. The zero-order valence-corrected chi connectivity index (χ0v) is 15.8. The molecule has 1 aromatic rings. The highest BCUT2D eigenvalue weighted by atomic mass is 32.2. The molecule has 7 nitrogen and oxygen atoms in total. The van der Waals surface area contributed by atoms with E-state index in [1.165, 1.54) is 24.8 Å². The van der Waals surface area contributed by atoms with Crippen molar-refractivity contribution < 1.29 is 13.3 Å². The fourth-order valence-corrected chi connectivity index (χ4v) is 3.50. The van der Waals surface area contributed by atoms with E-state index in [1.54, 1.807) is 6.08 Å². The van der Waals surface area contributed by atoms with E-state index in [4.69, 9.17) is 0 Å². The van der Waals surface area contributed by atoms with Gasteiger partial charge in [0, 0.05) is 37.1 Å². The first kappa shape index (κ1) is 19.8. The number of likely N-dealkylation sites (tertiary alicyclic amines) is 1. The Labute approximate surface area is 153 Å². The molecule has 1 saturated heterocycles. The topological polar surface area (TPSA) is 92.9 Å². The van der Waals surface area contributed by atoms with Crippen molar-refractivity contribution >= 4 is 21.9 Å². The molecule has 0 atom stereocenters. The van der Waals surface area contributed by atoms with Gasteiger partial charge < -0.3 is 4.90 Å². The molecular formula is C18H23N3O4S. The largest absolute Gasteiger partial charge is 0.371 e. The summed E-state index contributed by atoms with van der Waals surface area (Å²) in [7, 11) is -3.89. The first-order valence-corrected chi connectivity index (χ1v) is 9.88.